The van der Waals surface area contributed by atoms with Gasteiger partial charge in [0.05, 0.1) is 24.1 Å². The molecule has 0 saturated carbocycles. The third kappa shape index (κ3) is 3.88. The number of benzene rings is 1. The van der Waals surface area contributed by atoms with E-state index in [4.69, 9.17) is 14.5 Å². The summed E-state index contributed by atoms with van der Waals surface area (Å²) in [7, 11) is 0. The second-order valence-electron chi connectivity index (χ2n) is 7.64. The molecule has 1 aromatic carbocycles. The predicted molar refractivity (Wildman–Crippen MR) is 115 cm³/mol. The predicted octanol–water partition coefficient (Wildman–Crippen LogP) is 3.67. The highest BCUT2D eigenvalue weighted by atomic mass is 16.6. The van der Waals surface area contributed by atoms with E-state index in [9.17, 15) is 4.79 Å². The van der Waals surface area contributed by atoms with Gasteiger partial charge in [-0.1, -0.05) is 6.07 Å². The maximum absolute atomic E-state index is 13.3. The molecule has 4 heterocycles. The van der Waals surface area contributed by atoms with E-state index in [1.54, 1.807) is 36.8 Å². The molecule has 31 heavy (non-hydrogen) atoms. The zero-order valence-electron chi connectivity index (χ0n) is 17.2. The van der Waals surface area contributed by atoms with Gasteiger partial charge in [-0.15, -0.1) is 0 Å². The quantitative estimate of drug-likeness (QED) is 0.693. The summed E-state index contributed by atoms with van der Waals surface area (Å²) in [5.41, 5.74) is 2.37. The van der Waals surface area contributed by atoms with Crippen LogP contribution in [-0.4, -0.2) is 45.5 Å². The van der Waals surface area contributed by atoms with E-state index in [1.165, 1.54) is 0 Å². The summed E-state index contributed by atoms with van der Waals surface area (Å²) in [5.74, 6) is 2.60. The van der Waals surface area contributed by atoms with Crippen molar-refractivity contribution in [1.82, 2.24) is 19.9 Å². The molecule has 8 nitrogen and oxygen atoms in total. The highest BCUT2D eigenvalue weighted by Crippen LogP contribution is 2.35. The summed E-state index contributed by atoms with van der Waals surface area (Å²) in [6.07, 6.45) is 6.89. The Kier molecular flexibility index (Phi) is 5.11. The number of anilines is 2. The van der Waals surface area contributed by atoms with Gasteiger partial charge in [-0.2, -0.15) is 0 Å². The molecule has 1 atom stereocenters. The number of nitrogens with zero attached hydrogens (tertiary/aromatic N) is 4. The highest BCUT2D eigenvalue weighted by molar-refractivity contribution is 5.95. The van der Waals surface area contributed by atoms with Gasteiger partial charge in [0.25, 0.3) is 5.91 Å². The summed E-state index contributed by atoms with van der Waals surface area (Å²) < 4.78 is 11.2. The second kappa shape index (κ2) is 8.22. The number of aryl methyl sites for hydroxylation is 1. The maximum atomic E-state index is 13.3. The van der Waals surface area contributed by atoms with Crippen molar-refractivity contribution in [3.05, 3.63) is 65.7 Å². The van der Waals surface area contributed by atoms with E-state index in [1.807, 2.05) is 24.0 Å². The lowest BCUT2D eigenvalue weighted by atomic mass is 10.1. The Morgan fingerprint density at radius 2 is 2.03 bits per heavy atom. The van der Waals surface area contributed by atoms with Crippen LogP contribution >= 0.6 is 0 Å². The van der Waals surface area contributed by atoms with Gasteiger partial charge >= 0.3 is 0 Å². The molecule has 8 heteroatoms. The molecule has 0 radical (unpaired) electrons. The van der Waals surface area contributed by atoms with Gasteiger partial charge in [-0.25, -0.2) is 9.97 Å². The van der Waals surface area contributed by atoms with Crippen molar-refractivity contribution < 1.29 is 14.3 Å². The summed E-state index contributed by atoms with van der Waals surface area (Å²) in [4.78, 5) is 28.6. The molecule has 2 aromatic heterocycles. The summed E-state index contributed by atoms with van der Waals surface area (Å²) >= 11 is 0. The van der Waals surface area contributed by atoms with Crippen molar-refractivity contribution in [2.75, 3.05) is 25.1 Å². The van der Waals surface area contributed by atoms with Gasteiger partial charge < -0.3 is 19.7 Å². The lowest BCUT2D eigenvalue weighted by Gasteiger charge is -2.25. The third-order valence-corrected chi connectivity index (χ3v) is 5.55. The van der Waals surface area contributed by atoms with Crippen molar-refractivity contribution >= 4 is 17.5 Å². The number of amides is 1. The molecular weight excluding hydrogens is 394 g/mol. The van der Waals surface area contributed by atoms with E-state index < -0.39 is 0 Å². The van der Waals surface area contributed by atoms with Gasteiger partial charge in [0, 0.05) is 18.3 Å². The number of carbonyl (C=O) groups excluding carboxylic acids is 1. The molecule has 1 amide bonds. The van der Waals surface area contributed by atoms with Crippen LogP contribution in [0.25, 0.3) is 0 Å². The first-order chi connectivity index (χ1) is 15.2. The first-order valence-electron chi connectivity index (χ1n) is 10.4. The number of ether oxygens (including phenoxy) is 2. The topological polar surface area (TPSA) is 89.5 Å². The van der Waals surface area contributed by atoms with Crippen molar-refractivity contribution in [3.63, 3.8) is 0 Å². The van der Waals surface area contributed by atoms with E-state index in [0.717, 1.165) is 29.9 Å². The Bertz CT molecular complexity index is 1120. The van der Waals surface area contributed by atoms with Gasteiger partial charge in [0.2, 0.25) is 0 Å². The molecule has 5 rings (SSSR count). The molecular formula is C23H23N5O3. The smallest absolute Gasteiger partial charge is 0.254 e. The maximum Gasteiger partial charge on any atom is 0.254 e. The molecule has 1 N–H and O–H groups in total. The normalized spacial score (nSPS) is 17.5. The van der Waals surface area contributed by atoms with Crippen molar-refractivity contribution in [3.8, 4) is 11.5 Å². The third-order valence-electron chi connectivity index (χ3n) is 5.55. The number of nitrogens with one attached hydrogen (secondary N) is 1. The van der Waals surface area contributed by atoms with Crippen molar-refractivity contribution in [1.29, 1.82) is 0 Å². The molecule has 3 aromatic rings. The molecule has 1 saturated heterocycles. The van der Waals surface area contributed by atoms with Crippen LogP contribution in [0, 0.1) is 6.92 Å². The minimum Gasteiger partial charge on any atom is -0.486 e. The Morgan fingerprint density at radius 1 is 1.16 bits per heavy atom. The standard InChI is InChI=1S/C23H23N5O3/c1-15-4-2-8-25-22(15)27-21-14-24-13-17(26-21)18-5-3-9-28(18)23(29)16-6-7-19-20(12-16)31-11-10-30-19/h2,4,6-8,12-14,18H,3,5,9-11H2,1H3,(H,25,26,27)/t18-/m1/s1. The van der Waals surface area contributed by atoms with Crippen LogP contribution in [0.4, 0.5) is 11.6 Å². The lowest BCUT2D eigenvalue weighted by molar-refractivity contribution is 0.0731. The molecule has 2 aliphatic heterocycles. The zero-order valence-corrected chi connectivity index (χ0v) is 17.2. The number of likely N-dealkylation sites (tertiary alicyclic amines) is 1. The Balaban J connectivity index is 1.38. The van der Waals surface area contributed by atoms with Crippen molar-refractivity contribution in [2.24, 2.45) is 0 Å². The summed E-state index contributed by atoms with van der Waals surface area (Å²) in [6, 6.07) is 9.10. The van der Waals surface area contributed by atoms with Crippen LogP contribution in [0.5, 0.6) is 11.5 Å². The number of aromatic nitrogens is 3. The number of carbonyl (C=O) groups is 1. The second-order valence-corrected chi connectivity index (χ2v) is 7.64. The number of fused-ring (bicyclic) bond motifs is 1. The Hall–Kier alpha value is -3.68. The van der Waals surface area contributed by atoms with E-state index >= 15 is 0 Å². The molecule has 0 spiro atoms. The van der Waals surface area contributed by atoms with Gasteiger partial charge in [0.15, 0.2) is 11.5 Å². The van der Waals surface area contributed by atoms with E-state index in [0.29, 0.717) is 42.6 Å². The summed E-state index contributed by atoms with van der Waals surface area (Å²) in [5, 5.41) is 3.23. The molecule has 0 bridgehead atoms. The minimum absolute atomic E-state index is 0.0415. The molecule has 0 aliphatic carbocycles. The lowest BCUT2D eigenvalue weighted by Crippen LogP contribution is -2.31. The molecule has 158 valence electrons. The first kappa shape index (κ1) is 19.3. The van der Waals surface area contributed by atoms with E-state index in [-0.39, 0.29) is 11.9 Å². The number of pyridine rings is 1. The van der Waals surface area contributed by atoms with Crippen molar-refractivity contribution in [2.45, 2.75) is 25.8 Å². The fourth-order valence-electron chi connectivity index (χ4n) is 4.00. The average Bonchev–Trinajstić information content (AvgIpc) is 3.30. The number of hydrogen-bond acceptors (Lipinski definition) is 7. The van der Waals surface area contributed by atoms with Gasteiger partial charge in [0.1, 0.15) is 24.8 Å². The number of rotatable bonds is 4. The van der Waals surface area contributed by atoms with Crippen LogP contribution in [0.15, 0.2) is 48.9 Å². The SMILES string of the molecule is Cc1cccnc1Nc1cncc([C@H]2CCCN2C(=O)c2ccc3c(c2)OCCO3)n1. The highest BCUT2D eigenvalue weighted by Gasteiger charge is 2.32. The average molecular weight is 417 g/mol. The fraction of sp³-hybridized carbons (Fsp3) is 0.304. The monoisotopic (exact) mass is 417 g/mol. The number of hydrogen-bond donors (Lipinski definition) is 1. The Morgan fingerprint density at radius 3 is 2.90 bits per heavy atom. The molecule has 0 unspecified atom stereocenters. The largest absolute Gasteiger partial charge is 0.486 e. The Labute approximate surface area is 180 Å². The minimum atomic E-state index is -0.125. The van der Waals surface area contributed by atoms with Crippen LogP contribution in [0.1, 0.15) is 40.5 Å². The van der Waals surface area contributed by atoms with Crippen LogP contribution < -0.4 is 14.8 Å². The molecule has 2 aliphatic rings. The van der Waals surface area contributed by atoms with E-state index in [2.05, 4.69) is 15.3 Å². The molecule has 1 fully saturated rings. The van der Waals surface area contributed by atoms with Crippen LogP contribution in [0.3, 0.4) is 0 Å². The van der Waals surface area contributed by atoms with Crippen LogP contribution in [-0.2, 0) is 0 Å². The first-order valence-corrected chi connectivity index (χ1v) is 10.4. The fourth-order valence-corrected chi connectivity index (χ4v) is 4.00. The van der Waals surface area contributed by atoms with Gasteiger partial charge in [-0.3, -0.25) is 9.78 Å². The summed E-state index contributed by atoms with van der Waals surface area (Å²) in [6.45, 7) is 3.67. The van der Waals surface area contributed by atoms with Crippen LogP contribution in [0.2, 0.25) is 0 Å². The zero-order chi connectivity index (χ0) is 21.2. The van der Waals surface area contributed by atoms with Gasteiger partial charge in [-0.05, 0) is 49.6 Å².